The second-order valence-electron chi connectivity index (χ2n) is 9.35. The van der Waals surface area contributed by atoms with Crippen molar-refractivity contribution >= 4 is 35.2 Å². The van der Waals surface area contributed by atoms with Crippen LogP contribution in [0.2, 0.25) is 0 Å². The molecule has 2 saturated heterocycles. The van der Waals surface area contributed by atoms with Crippen LogP contribution >= 0.6 is 11.8 Å². The summed E-state index contributed by atoms with van der Waals surface area (Å²) in [5.41, 5.74) is 12.4. The molecular weight excluding hydrogens is 466 g/mol. The summed E-state index contributed by atoms with van der Waals surface area (Å²) in [4.78, 5) is 41.6. The van der Waals surface area contributed by atoms with Crippen LogP contribution in [-0.4, -0.2) is 77.7 Å². The van der Waals surface area contributed by atoms with Crippen LogP contribution in [-0.2, 0) is 9.59 Å². The lowest BCUT2D eigenvalue weighted by Gasteiger charge is -2.22. The molecule has 0 unspecified atom stereocenters. The van der Waals surface area contributed by atoms with Crippen molar-refractivity contribution in [1.82, 2.24) is 20.4 Å². The van der Waals surface area contributed by atoms with E-state index in [1.165, 1.54) is 29.5 Å². The highest BCUT2D eigenvalue weighted by Gasteiger charge is 2.38. The maximum absolute atomic E-state index is 12.9. The average Bonchev–Trinajstić information content (AvgIpc) is 3.43. The second kappa shape index (κ2) is 11.8. The van der Waals surface area contributed by atoms with Crippen molar-refractivity contribution in [2.45, 2.75) is 44.5 Å². The van der Waals surface area contributed by atoms with Gasteiger partial charge in [0.1, 0.15) is 16.0 Å². The fourth-order valence-electron chi connectivity index (χ4n) is 4.00. The van der Waals surface area contributed by atoms with Crippen molar-refractivity contribution in [1.29, 1.82) is 0 Å². The Hall–Kier alpha value is -2.76. The molecule has 2 aliphatic heterocycles. The molecule has 2 fully saturated rings. The van der Waals surface area contributed by atoms with E-state index in [2.05, 4.69) is 20.9 Å². The summed E-state index contributed by atoms with van der Waals surface area (Å²) < 4.78 is 0. The molecule has 0 bridgehead atoms. The van der Waals surface area contributed by atoms with Crippen LogP contribution < -0.4 is 27.4 Å². The minimum atomic E-state index is -0.926. The molecule has 2 aliphatic rings. The number of rotatable bonds is 10. The lowest BCUT2D eigenvalue weighted by Crippen LogP contribution is -2.52. The number of carbonyl (C=O) groups excluding carboxylic acids is 3. The third-order valence-electron chi connectivity index (χ3n) is 5.82. The smallest absolute Gasteiger partial charge is 0.271 e. The number of carbonyl (C=O) groups is 3. The topological polar surface area (TPSA) is 146 Å². The van der Waals surface area contributed by atoms with E-state index in [9.17, 15) is 14.4 Å². The molecule has 0 aliphatic carbocycles. The Balaban J connectivity index is 1.53. The van der Waals surface area contributed by atoms with Gasteiger partial charge < -0.3 is 37.2 Å². The van der Waals surface area contributed by atoms with Gasteiger partial charge in [0.15, 0.2) is 0 Å². The first-order chi connectivity index (χ1) is 16.6. The molecule has 1 aromatic carbocycles. The minimum absolute atomic E-state index is 0.0219. The highest BCUT2D eigenvalue weighted by molar-refractivity contribution is 8.04. The van der Waals surface area contributed by atoms with Crippen LogP contribution in [0.4, 0.5) is 5.69 Å². The molecule has 192 valence electrons. The standard InChI is InChI=1S/C24H37N7O3S/c1-4-31-22(34)18(35-23(31)19(25)21(33)29-24(2,3)26)15-28-17-9-7-16(8-10-17)20(32)27-11-14-30-12-5-6-13-30/h7-10,18,28H,4-6,11-15,25-26H2,1-3H3,(H,27,32)(H,29,33)/b23-19+/t18-/m1/s1. The number of anilines is 1. The number of thioether (sulfide) groups is 1. The number of benzene rings is 1. The Morgan fingerprint density at radius 1 is 1.17 bits per heavy atom. The molecule has 10 nitrogen and oxygen atoms in total. The van der Waals surface area contributed by atoms with Crippen molar-refractivity contribution in [3.05, 3.63) is 40.6 Å². The number of likely N-dealkylation sites (tertiary alicyclic amines) is 1. The third kappa shape index (κ3) is 7.36. The molecule has 1 aromatic rings. The van der Waals surface area contributed by atoms with Crippen LogP contribution in [0.5, 0.6) is 0 Å². The van der Waals surface area contributed by atoms with Crippen LogP contribution in [0.25, 0.3) is 0 Å². The number of nitrogens with zero attached hydrogens (tertiary/aromatic N) is 2. The Kier molecular flexibility index (Phi) is 9.03. The van der Waals surface area contributed by atoms with Crippen LogP contribution in [0.3, 0.4) is 0 Å². The molecule has 3 amide bonds. The molecule has 1 atom stereocenters. The molecule has 0 radical (unpaired) electrons. The number of amides is 3. The van der Waals surface area contributed by atoms with Gasteiger partial charge in [-0.25, -0.2) is 0 Å². The zero-order valence-corrected chi connectivity index (χ0v) is 21.5. The first-order valence-electron chi connectivity index (χ1n) is 12.0. The van der Waals surface area contributed by atoms with Gasteiger partial charge in [0.2, 0.25) is 5.91 Å². The highest BCUT2D eigenvalue weighted by atomic mass is 32.2. The molecular formula is C24H37N7O3S. The van der Waals surface area contributed by atoms with E-state index >= 15 is 0 Å². The van der Waals surface area contributed by atoms with Gasteiger partial charge in [-0.05, 0) is 71.0 Å². The van der Waals surface area contributed by atoms with Gasteiger partial charge in [-0.1, -0.05) is 11.8 Å². The highest BCUT2D eigenvalue weighted by Crippen LogP contribution is 2.36. The zero-order valence-electron chi connectivity index (χ0n) is 20.7. The van der Waals surface area contributed by atoms with Gasteiger partial charge in [0.05, 0.1) is 5.66 Å². The van der Waals surface area contributed by atoms with E-state index in [-0.39, 0.29) is 17.5 Å². The van der Waals surface area contributed by atoms with E-state index in [1.54, 1.807) is 26.0 Å². The Morgan fingerprint density at radius 2 is 1.83 bits per heavy atom. The predicted octanol–water partition coefficient (Wildman–Crippen LogP) is 0.827. The molecule has 0 spiro atoms. The number of hydrogen-bond donors (Lipinski definition) is 5. The molecule has 7 N–H and O–H groups in total. The van der Waals surface area contributed by atoms with Crippen molar-refractivity contribution < 1.29 is 14.4 Å². The Morgan fingerprint density at radius 3 is 2.43 bits per heavy atom. The van der Waals surface area contributed by atoms with E-state index in [0.717, 1.165) is 25.3 Å². The van der Waals surface area contributed by atoms with Crippen molar-refractivity contribution in [3.8, 4) is 0 Å². The summed E-state index contributed by atoms with van der Waals surface area (Å²) in [6.07, 6.45) is 2.47. The molecule has 3 rings (SSSR count). The predicted molar refractivity (Wildman–Crippen MR) is 139 cm³/mol. The quantitative estimate of drug-likeness (QED) is 0.233. The van der Waals surface area contributed by atoms with Crippen LogP contribution in [0.1, 0.15) is 44.0 Å². The summed E-state index contributed by atoms with van der Waals surface area (Å²) in [6.45, 7) is 9.62. The monoisotopic (exact) mass is 503 g/mol. The molecule has 2 heterocycles. The minimum Gasteiger partial charge on any atom is -0.392 e. The van der Waals surface area contributed by atoms with Gasteiger partial charge in [-0.3, -0.25) is 14.4 Å². The van der Waals surface area contributed by atoms with Gasteiger partial charge in [-0.15, -0.1) is 0 Å². The summed E-state index contributed by atoms with van der Waals surface area (Å²) in [6, 6.07) is 7.16. The molecule has 35 heavy (non-hydrogen) atoms. The van der Waals surface area contributed by atoms with Crippen LogP contribution in [0, 0.1) is 0 Å². The second-order valence-corrected chi connectivity index (χ2v) is 10.5. The average molecular weight is 504 g/mol. The molecule has 0 saturated carbocycles. The number of nitrogens with one attached hydrogen (secondary N) is 3. The zero-order chi connectivity index (χ0) is 25.6. The Labute approximate surface area is 211 Å². The molecule has 11 heteroatoms. The van der Waals surface area contributed by atoms with E-state index in [4.69, 9.17) is 11.5 Å². The summed E-state index contributed by atoms with van der Waals surface area (Å²) >= 11 is 1.26. The van der Waals surface area contributed by atoms with Gasteiger partial charge in [0, 0.05) is 37.4 Å². The van der Waals surface area contributed by atoms with Gasteiger partial charge in [0.25, 0.3) is 11.8 Å². The van der Waals surface area contributed by atoms with Gasteiger partial charge in [-0.2, -0.15) is 0 Å². The Bertz CT molecular complexity index is 953. The number of nitrogens with two attached hydrogens (primary N) is 2. The lowest BCUT2D eigenvalue weighted by atomic mass is 10.2. The van der Waals surface area contributed by atoms with Crippen molar-refractivity contribution in [2.24, 2.45) is 11.5 Å². The van der Waals surface area contributed by atoms with Crippen molar-refractivity contribution in [3.63, 3.8) is 0 Å². The third-order valence-corrected chi connectivity index (χ3v) is 7.13. The SMILES string of the molecule is CCN1C(=O)[C@@H](CNc2ccc(C(=O)NCCN3CCCC3)cc2)S/C1=C(/N)C(=O)NC(C)(C)N. The lowest BCUT2D eigenvalue weighted by molar-refractivity contribution is -0.127. The first-order valence-corrected chi connectivity index (χ1v) is 12.9. The summed E-state index contributed by atoms with van der Waals surface area (Å²) in [5.74, 6) is -0.717. The van der Waals surface area contributed by atoms with Crippen LogP contribution in [0.15, 0.2) is 35.0 Å². The van der Waals surface area contributed by atoms with Gasteiger partial charge >= 0.3 is 0 Å². The number of hydrogen-bond acceptors (Lipinski definition) is 8. The normalized spacial score (nSPS) is 20.2. The van der Waals surface area contributed by atoms with E-state index in [0.29, 0.717) is 30.2 Å². The fourth-order valence-corrected chi connectivity index (χ4v) is 5.23. The van der Waals surface area contributed by atoms with Crippen molar-refractivity contribution in [2.75, 3.05) is 44.6 Å². The fraction of sp³-hybridized carbons (Fsp3) is 0.542. The first kappa shape index (κ1) is 26.8. The summed E-state index contributed by atoms with van der Waals surface area (Å²) in [7, 11) is 0. The largest absolute Gasteiger partial charge is 0.392 e. The van der Waals surface area contributed by atoms with E-state index < -0.39 is 16.8 Å². The molecule has 0 aromatic heterocycles. The maximum atomic E-state index is 12.9. The summed E-state index contributed by atoms with van der Waals surface area (Å²) in [5, 5.41) is 8.84. The van der Waals surface area contributed by atoms with E-state index in [1.807, 2.05) is 19.1 Å². The maximum Gasteiger partial charge on any atom is 0.271 e.